The zero-order chi connectivity index (χ0) is 37.7. The van der Waals surface area contributed by atoms with Crippen LogP contribution in [0.5, 0.6) is 5.75 Å². The van der Waals surface area contributed by atoms with Crippen molar-refractivity contribution in [2.75, 3.05) is 79.3 Å². The molecule has 0 saturated carbocycles. The van der Waals surface area contributed by atoms with Gasteiger partial charge in [-0.15, -0.1) is 0 Å². The van der Waals surface area contributed by atoms with Crippen molar-refractivity contribution in [2.24, 2.45) is 0 Å². The summed E-state index contributed by atoms with van der Waals surface area (Å²) in [4.78, 5) is 0. The highest BCUT2D eigenvalue weighted by Gasteiger charge is 2.22. The summed E-state index contributed by atoms with van der Waals surface area (Å²) in [5.74, 6) is 0.695. The van der Waals surface area contributed by atoms with E-state index in [1.165, 1.54) is 59.2 Å². The number of furan rings is 1. The largest absolute Gasteiger partial charge is 0.487 e. The summed E-state index contributed by atoms with van der Waals surface area (Å²) in [5, 5.41) is 25.2. The SMILES string of the molecule is OCCOCCOCCOCCOCCOCCOc1cc2ccc3ccc4ccccc4c3c2c2c1oc1ccc3ccc4ccc5ccccc5c4c3c12. The van der Waals surface area contributed by atoms with Crippen LogP contribution in [0.15, 0.2) is 120 Å². The number of hydrogen-bond acceptors (Lipinski definition) is 8. The Morgan fingerprint density at radius 1 is 0.375 bits per heavy atom. The Morgan fingerprint density at radius 2 is 0.804 bits per heavy atom. The Balaban J connectivity index is 1.00. The highest BCUT2D eigenvalue weighted by Crippen LogP contribution is 2.48. The van der Waals surface area contributed by atoms with Crippen molar-refractivity contribution < 1.29 is 37.9 Å². The van der Waals surface area contributed by atoms with Gasteiger partial charge in [0.2, 0.25) is 0 Å². The van der Waals surface area contributed by atoms with Crippen LogP contribution in [0.4, 0.5) is 0 Å². The summed E-state index contributed by atoms with van der Waals surface area (Å²) in [5.41, 5.74) is 1.57. The summed E-state index contributed by atoms with van der Waals surface area (Å²) >= 11 is 0. The molecule has 1 N–H and O–H groups in total. The molecule has 1 aromatic heterocycles. The highest BCUT2D eigenvalue weighted by atomic mass is 16.6. The van der Waals surface area contributed by atoms with E-state index in [-0.39, 0.29) is 6.61 Å². The number of aliphatic hydroxyl groups excluding tert-OH is 1. The molecule has 8 nitrogen and oxygen atoms in total. The highest BCUT2D eigenvalue weighted by molar-refractivity contribution is 6.39. The van der Waals surface area contributed by atoms with Crippen molar-refractivity contribution in [3.05, 3.63) is 115 Å². The van der Waals surface area contributed by atoms with Crippen molar-refractivity contribution in [3.63, 3.8) is 0 Å². The molecule has 9 rings (SSSR count). The Hall–Kier alpha value is -5.32. The third-order valence-corrected chi connectivity index (χ3v) is 10.5. The van der Waals surface area contributed by atoms with Crippen molar-refractivity contribution in [1.82, 2.24) is 0 Å². The van der Waals surface area contributed by atoms with E-state index in [9.17, 15) is 0 Å². The van der Waals surface area contributed by atoms with E-state index in [1.54, 1.807) is 0 Å². The van der Waals surface area contributed by atoms with Crippen LogP contribution in [0.2, 0.25) is 0 Å². The molecule has 0 aliphatic carbocycles. The Bertz CT molecular complexity index is 2800. The van der Waals surface area contributed by atoms with Crippen LogP contribution >= 0.6 is 0 Å². The minimum absolute atomic E-state index is 0.0183. The molecule has 0 aliphatic rings. The third-order valence-electron chi connectivity index (χ3n) is 10.5. The third kappa shape index (κ3) is 7.12. The lowest BCUT2D eigenvalue weighted by Crippen LogP contribution is -2.14. The zero-order valence-corrected chi connectivity index (χ0v) is 31.3. The van der Waals surface area contributed by atoms with Gasteiger partial charge < -0.3 is 37.9 Å². The molecule has 0 radical (unpaired) electrons. The summed E-state index contributed by atoms with van der Waals surface area (Å²) in [6, 6.07) is 41.4. The van der Waals surface area contributed by atoms with Crippen molar-refractivity contribution in [2.45, 2.75) is 0 Å². The second-order valence-corrected chi connectivity index (χ2v) is 13.9. The van der Waals surface area contributed by atoms with E-state index >= 15 is 0 Å². The van der Waals surface area contributed by atoms with E-state index in [4.69, 9.17) is 37.9 Å². The van der Waals surface area contributed by atoms with E-state index in [2.05, 4.69) is 115 Å². The Kier molecular flexibility index (Phi) is 10.9. The molecule has 1 heterocycles. The van der Waals surface area contributed by atoms with E-state index in [0.29, 0.717) is 78.4 Å². The van der Waals surface area contributed by atoms with Crippen LogP contribution in [0.1, 0.15) is 0 Å². The Morgan fingerprint density at radius 3 is 1.36 bits per heavy atom. The molecule has 0 fully saturated rings. The van der Waals surface area contributed by atoms with Gasteiger partial charge in [0.05, 0.1) is 72.7 Å². The first-order chi connectivity index (χ1) is 27.8. The topological polar surface area (TPSA) is 88.8 Å². The first-order valence-corrected chi connectivity index (χ1v) is 19.4. The molecule has 0 bridgehead atoms. The van der Waals surface area contributed by atoms with Gasteiger partial charge >= 0.3 is 0 Å². The number of ether oxygens (including phenoxy) is 6. The van der Waals surface area contributed by atoms with Gasteiger partial charge in [0, 0.05) is 21.5 Å². The molecule has 284 valence electrons. The van der Waals surface area contributed by atoms with Crippen LogP contribution in [-0.2, 0) is 23.7 Å². The van der Waals surface area contributed by atoms with Crippen LogP contribution in [0.3, 0.4) is 0 Å². The average molecular weight is 749 g/mol. The molecule has 0 spiro atoms. The molecule has 0 saturated heterocycles. The fourth-order valence-electron chi connectivity index (χ4n) is 7.99. The molecule has 0 amide bonds. The molecule has 0 unspecified atom stereocenters. The number of aliphatic hydroxyl groups is 1. The fraction of sp³-hybridized carbons (Fsp3) is 0.250. The van der Waals surface area contributed by atoms with Crippen molar-refractivity contribution >= 4 is 86.6 Å². The molecule has 9 aromatic rings. The van der Waals surface area contributed by atoms with Gasteiger partial charge in [-0.2, -0.15) is 0 Å². The van der Waals surface area contributed by atoms with Crippen LogP contribution in [-0.4, -0.2) is 84.4 Å². The molecule has 0 aliphatic heterocycles. The van der Waals surface area contributed by atoms with Crippen molar-refractivity contribution in [1.29, 1.82) is 0 Å². The van der Waals surface area contributed by atoms with Gasteiger partial charge in [0.15, 0.2) is 11.3 Å². The lowest BCUT2D eigenvalue weighted by Gasteiger charge is -2.14. The zero-order valence-electron chi connectivity index (χ0n) is 31.3. The minimum atomic E-state index is 0.0183. The first kappa shape index (κ1) is 36.3. The van der Waals surface area contributed by atoms with Gasteiger partial charge in [-0.25, -0.2) is 0 Å². The number of hydrogen-bond donors (Lipinski definition) is 1. The molecule has 0 atom stereocenters. The Labute approximate surface area is 324 Å². The fourth-order valence-corrected chi connectivity index (χ4v) is 7.99. The molecule has 8 aromatic carbocycles. The van der Waals surface area contributed by atoms with Gasteiger partial charge in [0.1, 0.15) is 12.2 Å². The molecule has 56 heavy (non-hydrogen) atoms. The maximum Gasteiger partial charge on any atom is 0.177 e. The van der Waals surface area contributed by atoms with E-state index < -0.39 is 0 Å². The van der Waals surface area contributed by atoms with E-state index in [0.717, 1.165) is 27.3 Å². The number of benzene rings is 8. The summed E-state index contributed by atoms with van der Waals surface area (Å²) in [7, 11) is 0. The molecular weight excluding hydrogens is 705 g/mol. The summed E-state index contributed by atoms with van der Waals surface area (Å²) in [6.07, 6.45) is 0. The van der Waals surface area contributed by atoms with Crippen LogP contribution < -0.4 is 4.74 Å². The molecule has 8 heteroatoms. The minimum Gasteiger partial charge on any atom is -0.487 e. The predicted octanol–water partition coefficient (Wildman–Crippen LogP) is 9.96. The maximum absolute atomic E-state index is 8.71. The average Bonchev–Trinajstić information content (AvgIpc) is 3.64. The number of fused-ring (bicyclic) bond motifs is 15. The predicted molar refractivity (Wildman–Crippen MR) is 225 cm³/mol. The second-order valence-electron chi connectivity index (χ2n) is 13.9. The van der Waals surface area contributed by atoms with Crippen LogP contribution in [0.25, 0.3) is 86.6 Å². The summed E-state index contributed by atoms with van der Waals surface area (Å²) in [6.45, 7) is 4.89. The van der Waals surface area contributed by atoms with E-state index in [1.807, 2.05) is 0 Å². The normalized spacial score (nSPS) is 12.2. The standard InChI is InChI=1S/C48H44O8/c49-19-20-50-21-22-51-23-24-52-25-26-53-27-28-54-29-30-55-41-31-37-16-15-35-12-10-33-6-2-4-8-39(33)43(35)45(37)47-46-40(56-48(41)47)18-17-36-14-13-34-11-9-32-5-1-3-7-38(32)42(34)44(36)46/h1-18,31,49H,19-30H2. The lowest BCUT2D eigenvalue weighted by atomic mass is 9.90. The maximum atomic E-state index is 8.71. The van der Waals surface area contributed by atoms with Gasteiger partial charge in [-0.1, -0.05) is 103 Å². The molecular formula is C48H44O8. The quantitative estimate of drug-likeness (QED) is 0.0686. The first-order valence-electron chi connectivity index (χ1n) is 19.4. The summed E-state index contributed by atoms with van der Waals surface area (Å²) < 4.78 is 41.1. The monoisotopic (exact) mass is 748 g/mol. The lowest BCUT2D eigenvalue weighted by molar-refractivity contribution is -0.0146. The smallest absolute Gasteiger partial charge is 0.177 e. The van der Waals surface area contributed by atoms with Gasteiger partial charge in [-0.3, -0.25) is 0 Å². The number of rotatable bonds is 18. The van der Waals surface area contributed by atoms with Gasteiger partial charge in [-0.05, 0) is 66.0 Å². The van der Waals surface area contributed by atoms with Gasteiger partial charge in [0.25, 0.3) is 0 Å². The van der Waals surface area contributed by atoms with Crippen molar-refractivity contribution in [3.8, 4) is 5.75 Å². The van der Waals surface area contributed by atoms with Crippen LogP contribution in [0, 0.1) is 0 Å². The second kappa shape index (κ2) is 16.8.